The van der Waals surface area contributed by atoms with E-state index in [1.807, 2.05) is 30.3 Å². The monoisotopic (exact) mass is 444 g/mol. The average molecular weight is 444 g/mol. The van der Waals surface area contributed by atoms with Crippen molar-refractivity contribution in [2.45, 2.75) is 24.7 Å². The Morgan fingerprint density at radius 3 is 2.58 bits per heavy atom. The molecular formula is C26H22F2N4O. The molecule has 4 heterocycles. The van der Waals surface area contributed by atoms with Crippen molar-refractivity contribution in [3.8, 4) is 11.3 Å². The number of hydrogen-bond acceptors (Lipinski definition) is 4. The number of pyridine rings is 3. The lowest BCUT2D eigenvalue weighted by Gasteiger charge is -2.43. The van der Waals surface area contributed by atoms with Crippen molar-refractivity contribution in [2.24, 2.45) is 11.8 Å². The van der Waals surface area contributed by atoms with Gasteiger partial charge in [-0.15, -0.1) is 0 Å². The molecule has 7 heteroatoms. The summed E-state index contributed by atoms with van der Waals surface area (Å²) >= 11 is 0. The van der Waals surface area contributed by atoms with Crippen molar-refractivity contribution < 1.29 is 13.6 Å². The first-order chi connectivity index (χ1) is 16.0. The minimum Gasteiger partial charge on any atom is -0.297 e. The fourth-order valence-corrected chi connectivity index (χ4v) is 4.79. The van der Waals surface area contributed by atoms with Gasteiger partial charge in [-0.3, -0.25) is 19.2 Å². The molecule has 5 rings (SSSR count). The molecular weight excluding hydrogens is 422 g/mol. The molecule has 166 valence electrons. The molecule has 0 bridgehead atoms. The number of hydrogen-bond donors (Lipinski definition) is 0. The van der Waals surface area contributed by atoms with Crippen molar-refractivity contribution >= 4 is 11.3 Å². The molecule has 1 saturated carbocycles. The van der Waals surface area contributed by atoms with Crippen LogP contribution >= 0.6 is 0 Å². The van der Waals surface area contributed by atoms with Crippen molar-refractivity contribution in [2.75, 3.05) is 0 Å². The minimum atomic E-state index is -3.16. The maximum atomic E-state index is 15.0. The van der Waals surface area contributed by atoms with Gasteiger partial charge in [0.05, 0.1) is 17.1 Å². The molecule has 0 aliphatic heterocycles. The number of Topliss-reactive ketones (excluding diaryl/α,β-unsaturated/α-hetero) is 1. The Bertz CT molecular complexity index is 1300. The third-order valence-electron chi connectivity index (χ3n) is 6.55. The predicted molar refractivity (Wildman–Crippen MR) is 121 cm³/mol. The SMILES string of the molecule is C=CC(F)(F)C(c1cccnc1)C1CCC1C(=O)c1nc(-c2ccncc2)c2ccccn12. The number of imidazole rings is 1. The summed E-state index contributed by atoms with van der Waals surface area (Å²) in [5, 5.41) is 0. The number of carbonyl (C=O) groups is 1. The number of carbonyl (C=O) groups excluding carboxylic acids is 1. The van der Waals surface area contributed by atoms with E-state index in [1.165, 1.54) is 6.20 Å². The Hall–Kier alpha value is -3.74. The third kappa shape index (κ3) is 3.63. The van der Waals surface area contributed by atoms with Gasteiger partial charge in [0.1, 0.15) is 0 Å². The van der Waals surface area contributed by atoms with Crippen LogP contribution in [0.4, 0.5) is 8.78 Å². The van der Waals surface area contributed by atoms with Crippen LogP contribution in [0.2, 0.25) is 0 Å². The van der Waals surface area contributed by atoms with E-state index in [4.69, 9.17) is 0 Å². The number of fused-ring (bicyclic) bond motifs is 1. The van der Waals surface area contributed by atoms with E-state index >= 15 is 8.78 Å². The van der Waals surface area contributed by atoms with Crippen molar-refractivity contribution in [1.29, 1.82) is 0 Å². The number of halogens is 2. The molecule has 3 atom stereocenters. The summed E-state index contributed by atoms with van der Waals surface area (Å²) < 4.78 is 31.8. The third-order valence-corrected chi connectivity index (χ3v) is 6.55. The van der Waals surface area contributed by atoms with Crippen LogP contribution < -0.4 is 0 Å². The Morgan fingerprint density at radius 1 is 1.09 bits per heavy atom. The fourth-order valence-electron chi connectivity index (χ4n) is 4.79. The molecule has 3 unspecified atom stereocenters. The molecule has 33 heavy (non-hydrogen) atoms. The number of nitrogens with zero attached hydrogens (tertiary/aromatic N) is 4. The first kappa shape index (κ1) is 21.1. The summed E-state index contributed by atoms with van der Waals surface area (Å²) in [6.07, 6.45) is 9.87. The molecule has 5 nitrogen and oxygen atoms in total. The largest absolute Gasteiger partial charge is 0.297 e. The highest BCUT2D eigenvalue weighted by Crippen LogP contribution is 2.52. The molecule has 1 aliphatic carbocycles. The Kier molecular flexibility index (Phi) is 5.32. The van der Waals surface area contributed by atoms with Crippen LogP contribution in [0.3, 0.4) is 0 Å². The van der Waals surface area contributed by atoms with Crippen LogP contribution in [0.5, 0.6) is 0 Å². The molecule has 0 aromatic carbocycles. The number of ketones is 1. The second-order valence-electron chi connectivity index (χ2n) is 8.33. The summed E-state index contributed by atoms with van der Waals surface area (Å²) in [6, 6.07) is 12.5. The molecule has 1 fully saturated rings. The smallest absolute Gasteiger partial charge is 0.273 e. The van der Waals surface area contributed by atoms with E-state index in [0.717, 1.165) is 11.1 Å². The van der Waals surface area contributed by atoms with E-state index in [2.05, 4.69) is 21.5 Å². The maximum Gasteiger partial charge on any atom is 0.273 e. The standard InChI is InChI=1S/C26H22F2N4O/c1-2-26(27,28)22(18-6-5-12-30-16-18)19-8-9-20(19)24(33)25-31-23(17-10-13-29-14-11-17)21-7-3-4-15-32(21)25/h2-7,10-16,19-20,22H,1,8-9H2. The van der Waals surface area contributed by atoms with Gasteiger partial charge in [-0.25, -0.2) is 13.8 Å². The normalized spacial score (nSPS) is 19.1. The first-order valence-electron chi connectivity index (χ1n) is 10.8. The Morgan fingerprint density at radius 2 is 1.91 bits per heavy atom. The van der Waals surface area contributed by atoms with Gasteiger partial charge in [-0.1, -0.05) is 18.7 Å². The molecule has 0 radical (unpaired) electrons. The summed E-state index contributed by atoms with van der Waals surface area (Å²) in [5.41, 5.74) is 2.69. The number of aromatic nitrogens is 4. The summed E-state index contributed by atoms with van der Waals surface area (Å²) in [5.74, 6) is -5.38. The number of allylic oxidation sites excluding steroid dienone is 1. The van der Waals surface area contributed by atoms with Crippen molar-refractivity contribution in [3.63, 3.8) is 0 Å². The van der Waals surface area contributed by atoms with Gasteiger partial charge in [0, 0.05) is 42.5 Å². The molecule has 0 saturated heterocycles. The zero-order chi connectivity index (χ0) is 23.0. The highest BCUT2D eigenvalue weighted by Gasteiger charge is 2.51. The van der Waals surface area contributed by atoms with Gasteiger partial charge >= 0.3 is 0 Å². The predicted octanol–water partition coefficient (Wildman–Crippen LogP) is 5.61. The lowest BCUT2D eigenvalue weighted by Crippen LogP contribution is -2.43. The van der Waals surface area contributed by atoms with Gasteiger partial charge in [0.2, 0.25) is 5.78 Å². The Balaban J connectivity index is 1.55. The summed E-state index contributed by atoms with van der Waals surface area (Å²) in [4.78, 5) is 26.4. The first-order valence-corrected chi connectivity index (χ1v) is 10.8. The van der Waals surface area contributed by atoms with E-state index in [9.17, 15) is 4.79 Å². The highest BCUT2D eigenvalue weighted by molar-refractivity contribution is 5.98. The molecule has 1 aliphatic rings. The van der Waals surface area contributed by atoms with E-state index < -0.39 is 23.7 Å². The molecule has 0 amide bonds. The second kappa shape index (κ2) is 8.31. The van der Waals surface area contributed by atoms with Crippen LogP contribution in [0.15, 0.2) is 86.1 Å². The molecule has 4 aromatic heterocycles. The highest BCUT2D eigenvalue weighted by atomic mass is 19.3. The summed E-state index contributed by atoms with van der Waals surface area (Å²) in [6.45, 7) is 3.35. The van der Waals surface area contributed by atoms with Crippen molar-refractivity contribution in [3.05, 3.63) is 97.5 Å². The van der Waals surface area contributed by atoms with Gasteiger partial charge in [-0.05, 0) is 60.7 Å². The second-order valence-corrected chi connectivity index (χ2v) is 8.33. The van der Waals surface area contributed by atoms with Crippen LogP contribution in [0.25, 0.3) is 16.8 Å². The zero-order valence-corrected chi connectivity index (χ0v) is 17.8. The lowest BCUT2D eigenvalue weighted by molar-refractivity contribution is -0.0286. The summed E-state index contributed by atoms with van der Waals surface area (Å²) in [7, 11) is 0. The number of rotatable bonds is 7. The molecule has 0 N–H and O–H groups in total. The van der Waals surface area contributed by atoms with Gasteiger partial charge < -0.3 is 0 Å². The average Bonchev–Trinajstić information content (AvgIpc) is 3.22. The van der Waals surface area contributed by atoms with E-state index in [-0.39, 0.29) is 11.6 Å². The Labute approximate surface area is 189 Å². The van der Waals surface area contributed by atoms with Crippen LogP contribution in [0.1, 0.15) is 34.9 Å². The topological polar surface area (TPSA) is 60.2 Å². The van der Waals surface area contributed by atoms with Crippen LogP contribution in [-0.2, 0) is 0 Å². The van der Waals surface area contributed by atoms with E-state index in [1.54, 1.807) is 41.3 Å². The molecule has 0 spiro atoms. The maximum absolute atomic E-state index is 15.0. The van der Waals surface area contributed by atoms with Gasteiger partial charge in [-0.2, -0.15) is 0 Å². The van der Waals surface area contributed by atoms with E-state index in [0.29, 0.717) is 30.2 Å². The number of alkyl halides is 2. The zero-order valence-electron chi connectivity index (χ0n) is 17.8. The van der Waals surface area contributed by atoms with Gasteiger partial charge in [0.25, 0.3) is 5.92 Å². The fraction of sp³-hybridized carbons (Fsp3) is 0.231. The van der Waals surface area contributed by atoms with Crippen molar-refractivity contribution in [1.82, 2.24) is 19.4 Å². The van der Waals surface area contributed by atoms with Crippen LogP contribution in [-0.4, -0.2) is 31.1 Å². The van der Waals surface area contributed by atoms with Crippen LogP contribution in [0, 0.1) is 11.8 Å². The van der Waals surface area contributed by atoms with Gasteiger partial charge in [0.15, 0.2) is 5.82 Å². The minimum absolute atomic E-state index is 0.221. The quantitative estimate of drug-likeness (QED) is 0.275. The lowest BCUT2D eigenvalue weighted by atomic mass is 9.62. The molecule has 4 aromatic rings.